The third-order valence-corrected chi connectivity index (χ3v) is 1.74. The fraction of sp³-hybridized carbons (Fsp3) is 0.167. The van der Waals surface area contributed by atoms with E-state index in [4.69, 9.17) is 10.6 Å². The number of aliphatic hydroxyl groups is 1. The average molecular weight is 419 g/mol. The molecule has 16 heavy (non-hydrogen) atoms. The summed E-state index contributed by atoms with van der Waals surface area (Å²) in [6, 6.07) is -1.96. The van der Waals surface area contributed by atoms with Crippen molar-refractivity contribution in [2.45, 2.75) is 6.04 Å². The molecule has 0 saturated carbocycles. The Labute approximate surface area is 108 Å². The molecule has 0 bridgehead atoms. The summed E-state index contributed by atoms with van der Waals surface area (Å²) in [5, 5.41) is 30.0. The van der Waals surface area contributed by atoms with Crippen molar-refractivity contribution in [3.63, 3.8) is 0 Å². The van der Waals surface area contributed by atoms with Crippen LogP contribution < -0.4 is 0 Å². The fourth-order valence-corrected chi connectivity index (χ4v) is 1.11. The minimum atomic E-state index is -1.96. The van der Waals surface area contributed by atoms with Crippen LogP contribution in [0.2, 0.25) is 0 Å². The average Bonchev–Trinajstić information content (AvgIpc) is 2.16. The maximum atomic E-state index is 10.5. The zero-order valence-corrected chi connectivity index (χ0v) is 11.5. The Morgan fingerprint density at radius 1 is 1.38 bits per heavy atom. The van der Waals surface area contributed by atoms with Gasteiger partial charge in [0.05, 0.1) is 4.92 Å². The summed E-state index contributed by atoms with van der Waals surface area (Å²) in [5.74, 6) is -0.825. The number of aliphatic hydroxyl groups excluding tert-OH is 1. The van der Waals surface area contributed by atoms with Crippen LogP contribution in [0.15, 0.2) is 23.6 Å². The first kappa shape index (κ1) is 14.4. The standard InChI is InChI=1S/C6H4N4O5.Pb/c7-8-3-1-2-4(11)6(10(14)15)5(3)9(12)13;/h1-2,5,11H;. The molecule has 9 nitrogen and oxygen atoms in total. The van der Waals surface area contributed by atoms with Crippen molar-refractivity contribution in [2.75, 3.05) is 0 Å². The summed E-state index contributed by atoms with van der Waals surface area (Å²) < 4.78 is 0. The molecule has 0 heterocycles. The maximum absolute atomic E-state index is 10.5. The summed E-state index contributed by atoms with van der Waals surface area (Å²) in [5.41, 5.74) is 6.87. The zero-order valence-electron chi connectivity index (χ0n) is 7.60. The van der Waals surface area contributed by atoms with Crippen LogP contribution in [0.3, 0.4) is 0 Å². The number of hydrogen-bond acceptors (Lipinski definition) is 5. The van der Waals surface area contributed by atoms with Crippen LogP contribution in [-0.2, 0) is 0 Å². The van der Waals surface area contributed by atoms with Gasteiger partial charge >= 0.3 is 17.5 Å². The van der Waals surface area contributed by atoms with Gasteiger partial charge in [-0.3, -0.25) is 20.2 Å². The molecule has 0 fully saturated rings. The maximum Gasteiger partial charge on any atom is 0.402 e. The van der Waals surface area contributed by atoms with Crippen molar-refractivity contribution in [3.8, 4) is 0 Å². The monoisotopic (exact) mass is 420 g/mol. The molecule has 10 heteroatoms. The van der Waals surface area contributed by atoms with Crippen LogP contribution in [-0.4, -0.2) is 58.8 Å². The predicted molar refractivity (Wildman–Crippen MR) is 51.0 cm³/mol. The first-order valence-corrected chi connectivity index (χ1v) is 3.60. The molecule has 1 unspecified atom stereocenters. The third kappa shape index (κ3) is 2.49. The molecule has 82 valence electrons. The van der Waals surface area contributed by atoms with Gasteiger partial charge in [0, 0.05) is 38.3 Å². The first-order valence-electron chi connectivity index (χ1n) is 3.60. The van der Waals surface area contributed by atoms with Gasteiger partial charge in [0.25, 0.3) is 0 Å². The molecule has 1 N–H and O–H groups in total. The van der Waals surface area contributed by atoms with Gasteiger partial charge in [-0.2, -0.15) is 4.79 Å². The summed E-state index contributed by atoms with van der Waals surface area (Å²) in [4.78, 5) is 21.4. The van der Waals surface area contributed by atoms with E-state index in [9.17, 15) is 20.2 Å². The Morgan fingerprint density at radius 2 is 1.94 bits per heavy atom. The molecule has 0 aliphatic heterocycles. The van der Waals surface area contributed by atoms with E-state index >= 15 is 0 Å². The summed E-state index contributed by atoms with van der Waals surface area (Å²) in [6.07, 6.45) is 1.78. The van der Waals surface area contributed by atoms with Crippen LogP contribution in [0, 0.1) is 20.2 Å². The summed E-state index contributed by atoms with van der Waals surface area (Å²) in [7, 11) is 0. The van der Waals surface area contributed by atoms with Gasteiger partial charge in [-0.25, -0.2) is 0 Å². The number of rotatable bonds is 2. The van der Waals surface area contributed by atoms with Crippen molar-refractivity contribution in [2.24, 2.45) is 0 Å². The van der Waals surface area contributed by atoms with Gasteiger partial charge in [-0.15, -0.1) is 0 Å². The Morgan fingerprint density at radius 3 is 2.31 bits per heavy atom. The topological polar surface area (TPSA) is 143 Å². The zero-order chi connectivity index (χ0) is 11.6. The normalized spacial score (nSPS) is 18.8. The molecule has 0 aromatic rings. The van der Waals surface area contributed by atoms with E-state index in [2.05, 4.69) is 4.79 Å². The van der Waals surface area contributed by atoms with E-state index in [0.29, 0.717) is 0 Å². The molecule has 1 atom stereocenters. The molecular weight excluding hydrogens is 415 g/mol. The van der Waals surface area contributed by atoms with E-state index in [0.717, 1.165) is 12.2 Å². The fourth-order valence-electron chi connectivity index (χ4n) is 1.11. The van der Waals surface area contributed by atoms with E-state index < -0.39 is 33.1 Å². The van der Waals surface area contributed by atoms with Crippen LogP contribution in [0.5, 0.6) is 0 Å². The van der Waals surface area contributed by atoms with Gasteiger partial charge < -0.3 is 10.6 Å². The van der Waals surface area contributed by atoms with Crippen molar-refractivity contribution in [1.82, 2.24) is 0 Å². The Bertz CT molecular complexity index is 450. The molecular formula is C6H4N4O5Pb. The molecule has 1 aliphatic carbocycles. The molecule has 0 amide bonds. The van der Waals surface area contributed by atoms with Crippen LogP contribution in [0.4, 0.5) is 0 Å². The molecule has 4 radical (unpaired) electrons. The van der Waals surface area contributed by atoms with E-state index in [-0.39, 0.29) is 27.3 Å². The number of nitrogens with zero attached hydrogens (tertiary/aromatic N) is 4. The number of allylic oxidation sites excluding steroid dienone is 1. The van der Waals surface area contributed by atoms with E-state index in [1.54, 1.807) is 0 Å². The molecule has 0 spiro atoms. The summed E-state index contributed by atoms with van der Waals surface area (Å²) in [6.45, 7) is 0. The molecule has 0 saturated heterocycles. The van der Waals surface area contributed by atoms with Gasteiger partial charge in [-0.05, 0) is 6.08 Å². The molecule has 1 aliphatic rings. The summed E-state index contributed by atoms with van der Waals surface area (Å²) >= 11 is 0. The first-order chi connectivity index (χ1) is 6.99. The minimum Gasteiger partial charge on any atom is -0.502 e. The second-order valence-corrected chi connectivity index (χ2v) is 2.57. The van der Waals surface area contributed by atoms with Crippen LogP contribution in [0.25, 0.3) is 5.53 Å². The predicted octanol–water partition coefficient (Wildman–Crippen LogP) is -0.462. The van der Waals surface area contributed by atoms with Crippen molar-refractivity contribution in [1.29, 1.82) is 0 Å². The second-order valence-electron chi connectivity index (χ2n) is 2.57. The van der Waals surface area contributed by atoms with Crippen LogP contribution >= 0.6 is 0 Å². The van der Waals surface area contributed by atoms with E-state index in [1.807, 2.05) is 0 Å². The van der Waals surface area contributed by atoms with Gasteiger partial charge in [-0.1, -0.05) is 0 Å². The van der Waals surface area contributed by atoms with E-state index in [1.165, 1.54) is 0 Å². The second kappa shape index (κ2) is 5.46. The van der Waals surface area contributed by atoms with Gasteiger partial charge in [0.15, 0.2) is 5.76 Å². The van der Waals surface area contributed by atoms with Crippen molar-refractivity contribution in [3.05, 3.63) is 49.4 Å². The molecule has 0 aromatic heterocycles. The van der Waals surface area contributed by atoms with Gasteiger partial charge in [0.1, 0.15) is 0 Å². The minimum absolute atomic E-state index is 0. The molecule has 0 aromatic carbocycles. The third-order valence-electron chi connectivity index (χ3n) is 1.74. The quantitative estimate of drug-likeness (QED) is 0.212. The molecule has 1 rings (SSSR count). The van der Waals surface area contributed by atoms with Crippen molar-refractivity contribution < 1.29 is 19.7 Å². The van der Waals surface area contributed by atoms with Gasteiger partial charge in [0.2, 0.25) is 0 Å². The van der Waals surface area contributed by atoms with Crippen molar-refractivity contribution >= 4 is 33.0 Å². The Balaban J connectivity index is 0.00000225. The number of hydrogen-bond donors (Lipinski definition) is 1. The Hall–Kier alpha value is -1.62. The smallest absolute Gasteiger partial charge is 0.402 e. The van der Waals surface area contributed by atoms with Crippen LogP contribution in [0.1, 0.15) is 0 Å². The SMILES string of the molecule is [N-]=[N+]=C1C=CC(O)=C([N+](=O)[O-])C1[N+](=O)[O-].[Pb]. The largest absolute Gasteiger partial charge is 0.502 e. The Kier molecular flexibility index (Phi) is 4.91. The number of nitro groups is 2.